The van der Waals surface area contributed by atoms with E-state index in [1.54, 1.807) is 0 Å². The van der Waals surface area contributed by atoms with E-state index in [-0.39, 0.29) is 11.3 Å². The van der Waals surface area contributed by atoms with Gasteiger partial charge < -0.3 is 5.32 Å². The van der Waals surface area contributed by atoms with E-state index >= 15 is 0 Å². The highest BCUT2D eigenvalue weighted by Crippen LogP contribution is 2.32. The van der Waals surface area contributed by atoms with Crippen LogP contribution in [0.2, 0.25) is 0 Å². The normalized spacial score (nSPS) is 29.9. The molecule has 1 saturated heterocycles. The Hall–Kier alpha value is -0.130. The minimum atomic E-state index is -2.84. The van der Waals surface area contributed by atoms with Gasteiger partial charge in [-0.2, -0.15) is 0 Å². The summed E-state index contributed by atoms with van der Waals surface area (Å²) in [5, 5.41) is 3.68. The molecule has 1 spiro atoms. The van der Waals surface area contributed by atoms with Gasteiger partial charge in [0.25, 0.3) is 0 Å². The second kappa shape index (κ2) is 4.86. The van der Waals surface area contributed by atoms with Gasteiger partial charge in [0.15, 0.2) is 0 Å². The highest BCUT2D eigenvalue weighted by Gasteiger charge is 2.39. The van der Waals surface area contributed by atoms with Crippen molar-refractivity contribution >= 4 is 9.84 Å². The SMILES string of the molecule is CC1CNC2(CCCC2)CN1CCS(C)(=O)=O. The first-order valence-electron chi connectivity index (χ1n) is 6.57. The van der Waals surface area contributed by atoms with Crippen molar-refractivity contribution in [3.05, 3.63) is 0 Å². The predicted octanol–water partition coefficient (Wildman–Crippen LogP) is 0.638. The zero-order chi connectivity index (χ0) is 12.5. The van der Waals surface area contributed by atoms with Crippen LogP contribution in [-0.4, -0.2) is 56.5 Å². The fourth-order valence-corrected chi connectivity index (χ4v) is 3.63. The van der Waals surface area contributed by atoms with Crippen molar-refractivity contribution in [1.29, 1.82) is 0 Å². The third kappa shape index (κ3) is 3.42. The maximum atomic E-state index is 11.3. The molecule has 0 aromatic rings. The molecular formula is C12H24N2O2S. The maximum Gasteiger partial charge on any atom is 0.148 e. The summed E-state index contributed by atoms with van der Waals surface area (Å²) >= 11 is 0. The van der Waals surface area contributed by atoms with Crippen LogP contribution in [0.1, 0.15) is 32.6 Å². The minimum Gasteiger partial charge on any atom is -0.308 e. The molecule has 2 rings (SSSR count). The number of hydrogen-bond donors (Lipinski definition) is 1. The smallest absolute Gasteiger partial charge is 0.148 e. The second-order valence-corrected chi connectivity index (χ2v) is 8.08. The van der Waals surface area contributed by atoms with Gasteiger partial charge in [0.2, 0.25) is 0 Å². The third-order valence-electron chi connectivity index (χ3n) is 4.21. The van der Waals surface area contributed by atoms with E-state index in [0.29, 0.717) is 12.6 Å². The van der Waals surface area contributed by atoms with Crippen molar-refractivity contribution in [2.45, 2.75) is 44.2 Å². The molecule has 0 bridgehead atoms. The van der Waals surface area contributed by atoms with Crippen LogP contribution in [0, 0.1) is 0 Å². The van der Waals surface area contributed by atoms with Crippen LogP contribution in [-0.2, 0) is 9.84 Å². The average molecular weight is 260 g/mol. The molecule has 1 atom stereocenters. The predicted molar refractivity (Wildman–Crippen MR) is 69.9 cm³/mol. The fourth-order valence-electron chi connectivity index (χ4n) is 3.06. The molecule has 0 aromatic carbocycles. The van der Waals surface area contributed by atoms with Gasteiger partial charge in [0.05, 0.1) is 5.75 Å². The summed E-state index contributed by atoms with van der Waals surface area (Å²) in [6, 6.07) is 0.447. The molecule has 4 nitrogen and oxygen atoms in total. The number of nitrogens with one attached hydrogen (secondary N) is 1. The van der Waals surface area contributed by atoms with Crippen LogP contribution < -0.4 is 5.32 Å². The molecule has 1 aliphatic heterocycles. The van der Waals surface area contributed by atoms with Crippen LogP contribution in [0.25, 0.3) is 0 Å². The first kappa shape index (κ1) is 13.3. The maximum absolute atomic E-state index is 11.3. The zero-order valence-corrected chi connectivity index (χ0v) is 11.7. The Labute approximate surface area is 105 Å². The van der Waals surface area contributed by atoms with Crippen molar-refractivity contribution < 1.29 is 8.42 Å². The first-order chi connectivity index (χ1) is 7.90. The minimum absolute atomic E-state index is 0.282. The second-order valence-electron chi connectivity index (χ2n) is 5.82. The Morgan fingerprint density at radius 2 is 2.00 bits per heavy atom. The van der Waals surface area contributed by atoms with Gasteiger partial charge in [-0.1, -0.05) is 12.8 Å². The number of piperazine rings is 1. The molecule has 17 heavy (non-hydrogen) atoms. The molecule has 2 aliphatic rings. The fraction of sp³-hybridized carbons (Fsp3) is 1.00. The average Bonchev–Trinajstić information content (AvgIpc) is 2.68. The van der Waals surface area contributed by atoms with Gasteiger partial charge in [-0.15, -0.1) is 0 Å². The van der Waals surface area contributed by atoms with Crippen LogP contribution in [0.15, 0.2) is 0 Å². The van der Waals surface area contributed by atoms with Crippen LogP contribution >= 0.6 is 0 Å². The molecular weight excluding hydrogens is 236 g/mol. The van der Waals surface area contributed by atoms with Gasteiger partial charge >= 0.3 is 0 Å². The highest BCUT2D eigenvalue weighted by molar-refractivity contribution is 7.90. The highest BCUT2D eigenvalue weighted by atomic mass is 32.2. The molecule has 0 amide bonds. The molecule has 0 aromatic heterocycles. The number of rotatable bonds is 3. The Morgan fingerprint density at radius 3 is 2.59 bits per heavy atom. The third-order valence-corrected chi connectivity index (χ3v) is 5.14. The van der Waals surface area contributed by atoms with Crippen molar-refractivity contribution in [3.8, 4) is 0 Å². The summed E-state index contributed by atoms with van der Waals surface area (Å²) in [6.07, 6.45) is 6.43. The van der Waals surface area contributed by atoms with E-state index in [4.69, 9.17) is 0 Å². The quantitative estimate of drug-likeness (QED) is 0.809. The Morgan fingerprint density at radius 1 is 1.35 bits per heavy atom. The zero-order valence-electron chi connectivity index (χ0n) is 10.9. The lowest BCUT2D eigenvalue weighted by atomic mass is 9.93. The van der Waals surface area contributed by atoms with Gasteiger partial charge in [0.1, 0.15) is 9.84 Å². The van der Waals surface area contributed by atoms with Crippen molar-refractivity contribution in [3.63, 3.8) is 0 Å². The van der Waals surface area contributed by atoms with Gasteiger partial charge in [-0.25, -0.2) is 8.42 Å². The summed E-state index contributed by atoms with van der Waals surface area (Å²) in [7, 11) is -2.84. The first-order valence-corrected chi connectivity index (χ1v) is 8.63. The number of nitrogens with zero attached hydrogens (tertiary/aromatic N) is 1. The molecule has 1 saturated carbocycles. The molecule has 1 N–H and O–H groups in total. The summed E-state index contributed by atoms with van der Waals surface area (Å²) in [4.78, 5) is 2.35. The lowest BCUT2D eigenvalue weighted by Gasteiger charge is -2.45. The van der Waals surface area contributed by atoms with Crippen LogP contribution in [0.3, 0.4) is 0 Å². The number of hydrogen-bond acceptors (Lipinski definition) is 4. The molecule has 5 heteroatoms. The molecule has 1 aliphatic carbocycles. The lowest BCUT2D eigenvalue weighted by molar-refractivity contribution is 0.0951. The summed E-state index contributed by atoms with van der Waals surface area (Å²) < 4.78 is 22.5. The molecule has 100 valence electrons. The van der Waals surface area contributed by atoms with E-state index in [1.165, 1.54) is 31.9 Å². The van der Waals surface area contributed by atoms with Crippen molar-refractivity contribution in [2.24, 2.45) is 0 Å². The largest absolute Gasteiger partial charge is 0.308 e. The van der Waals surface area contributed by atoms with E-state index in [2.05, 4.69) is 17.1 Å². The van der Waals surface area contributed by atoms with Gasteiger partial charge in [-0.3, -0.25) is 4.90 Å². The Kier molecular flexibility index (Phi) is 3.80. The van der Waals surface area contributed by atoms with Crippen LogP contribution in [0.4, 0.5) is 0 Å². The standard InChI is InChI=1S/C12H24N2O2S/c1-11-9-13-12(5-3-4-6-12)10-14(11)7-8-17(2,15)16/h11,13H,3-10H2,1-2H3. The van der Waals surface area contributed by atoms with E-state index in [1.807, 2.05) is 0 Å². The Balaban J connectivity index is 1.95. The van der Waals surface area contributed by atoms with E-state index in [0.717, 1.165) is 13.1 Å². The molecule has 0 radical (unpaired) electrons. The summed E-state index contributed by atoms with van der Waals surface area (Å²) in [5.74, 6) is 0.285. The summed E-state index contributed by atoms with van der Waals surface area (Å²) in [5.41, 5.74) is 0.282. The van der Waals surface area contributed by atoms with Gasteiger partial charge in [0, 0.05) is 37.5 Å². The van der Waals surface area contributed by atoms with Crippen molar-refractivity contribution in [1.82, 2.24) is 10.2 Å². The van der Waals surface area contributed by atoms with E-state index < -0.39 is 9.84 Å². The van der Waals surface area contributed by atoms with Gasteiger partial charge in [-0.05, 0) is 19.8 Å². The van der Waals surface area contributed by atoms with E-state index in [9.17, 15) is 8.42 Å². The lowest BCUT2D eigenvalue weighted by Crippen LogP contribution is -2.62. The topological polar surface area (TPSA) is 49.4 Å². The van der Waals surface area contributed by atoms with Crippen LogP contribution in [0.5, 0.6) is 0 Å². The molecule has 1 heterocycles. The Bertz CT molecular complexity index is 361. The molecule has 2 fully saturated rings. The summed E-state index contributed by atoms with van der Waals surface area (Å²) in [6.45, 7) is 4.87. The number of sulfone groups is 1. The van der Waals surface area contributed by atoms with Crippen molar-refractivity contribution in [2.75, 3.05) is 31.6 Å². The monoisotopic (exact) mass is 260 g/mol. The molecule has 1 unspecified atom stereocenters.